The minimum atomic E-state index is -3.82. The molecule has 174 valence electrons. The predicted octanol–water partition coefficient (Wildman–Crippen LogP) is 2.57. The molecule has 4 rings (SSSR count). The third-order valence-electron chi connectivity index (χ3n) is 5.20. The van der Waals surface area contributed by atoms with Gasteiger partial charge in [0.05, 0.1) is 15.3 Å². The molecule has 12 heteroatoms. The van der Waals surface area contributed by atoms with Gasteiger partial charge in [0.15, 0.2) is 6.10 Å². The van der Waals surface area contributed by atoms with Crippen LogP contribution in [0.1, 0.15) is 36.2 Å². The number of rotatable bonds is 6. The van der Waals surface area contributed by atoms with Crippen molar-refractivity contribution in [3.63, 3.8) is 0 Å². The van der Waals surface area contributed by atoms with Crippen LogP contribution >= 0.6 is 11.3 Å². The zero-order chi connectivity index (χ0) is 23.6. The third-order valence-corrected chi connectivity index (χ3v) is 7.95. The fraction of sp³-hybridized carbons (Fsp3) is 0.333. The molecule has 1 saturated heterocycles. The minimum absolute atomic E-state index is 0.0151. The van der Waals surface area contributed by atoms with E-state index in [-0.39, 0.29) is 35.3 Å². The van der Waals surface area contributed by atoms with Crippen LogP contribution in [0.2, 0.25) is 0 Å². The van der Waals surface area contributed by atoms with Crippen molar-refractivity contribution in [2.75, 3.05) is 26.2 Å². The summed E-state index contributed by atoms with van der Waals surface area (Å²) >= 11 is 1.44. The highest BCUT2D eigenvalue weighted by Crippen LogP contribution is 2.26. The van der Waals surface area contributed by atoms with E-state index in [1.807, 2.05) is 17.5 Å². The van der Waals surface area contributed by atoms with Crippen LogP contribution in [-0.2, 0) is 19.6 Å². The van der Waals surface area contributed by atoms with Crippen LogP contribution in [0.25, 0.3) is 10.8 Å². The molecule has 1 aliphatic heterocycles. The Kier molecular flexibility index (Phi) is 6.58. The molecule has 0 N–H and O–H groups in total. The molecule has 1 aromatic carbocycles. The van der Waals surface area contributed by atoms with E-state index in [4.69, 9.17) is 9.15 Å². The Balaban J connectivity index is 1.45. The van der Waals surface area contributed by atoms with E-state index in [0.717, 1.165) is 4.88 Å². The van der Waals surface area contributed by atoms with Gasteiger partial charge in [-0.2, -0.15) is 4.31 Å². The van der Waals surface area contributed by atoms with Gasteiger partial charge in [-0.3, -0.25) is 4.79 Å². The maximum Gasteiger partial charge on any atom is 0.338 e. The van der Waals surface area contributed by atoms with Gasteiger partial charge < -0.3 is 14.1 Å². The molecule has 0 bridgehead atoms. The smallest absolute Gasteiger partial charge is 0.338 e. The van der Waals surface area contributed by atoms with Crippen molar-refractivity contribution < 1.29 is 27.2 Å². The van der Waals surface area contributed by atoms with E-state index in [2.05, 4.69) is 10.2 Å². The molecule has 10 nitrogen and oxygen atoms in total. The number of hydrogen-bond acceptors (Lipinski definition) is 9. The Morgan fingerprint density at radius 2 is 1.88 bits per heavy atom. The SMILES string of the molecule is CC(=O)N1CCN(S(=O)(=O)c2cccc(C(=O)OC(C)c3nnc(-c4cccs4)o3)c2)CC1. The first-order valence-electron chi connectivity index (χ1n) is 10.2. The number of thiophene rings is 1. The lowest BCUT2D eigenvalue weighted by molar-refractivity contribution is -0.129. The Morgan fingerprint density at radius 3 is 2.55 bits per heavy atom. The number of hydrogen-bond donors (Lipinski definition) is 0. The number of nitrogens with zero attached hydrogens (tertiary/aromatic N) is 4. The molecule has 0 saturated carbocycles. The molecule has 3 heterocycles. The number of carbonyl (C=O) groups is 2. The van der Waals surface area contributed by atoms with Crippen LogP contribution < -0.4 is 0 Å². The Morgan fingerprint density at radius 1 is 1.12 bits per heavy atom. The van der Waals surface area contributed by atoms with Crippen molar-refractivity contribution in [2.24, 2.45) is 0 Å². The average molecular weight is 491 g/mol. The summed E-state index contributed by atoms with van der Waals surface area (Å²) in [6.07, 6.45) is -0.821. The van der Waals surface area contributed by atoms with Crippen molar-refractivity contribution in [3.8, 4) is 10.8 Å². The second kappa shape index (κ2) is 9.41. The highest BCUT2D eigenvalue weighted by molar-refractivity contribution is 7.89. The van der Waals surface area contributed by atoms with Crippen LogP contribution in [0.5, 0.6) is 0 Å². The Labute approximate surface area is 194 Å². The fourth-order valence-electron chi connectivity index (χ4n) is 3.35. The second-order valence-electron chi connectivity index (χ2n) is 7.41. The number of sulfonamides is 1. The van der Waals surface area contributed by atoms with Gasteiger partial charge in [-0.1, -0.05) is 12.1 Å². The van der Waals surface area contributed by atoms with E-state index < -0.39 is 22.1 Å². The van der Waals surface area contributed by atoms with E-state index in [1.165, 1.54) is 46.8 Å². The molecule has 2 aromatic heterocycles. The van der Waals surface area contributed by atoms with Crippen LogP contribution in [0.4, 0.5) is 0 Å². The summed E-state index contributed by atoms with van der Waals surface area (Å²) in [5, 5.41) is 9.79. The summed E-state index contributed by atoms with van der Waals surface area (Å²) in [4.78, 5) is 26.5. The predicted molar refractivity (Wildman–Crippen MR) is 119 cm³/mol. The first-order chi connectivity index (χ1) is 15.8. The number of amides is 1. The minimum Gasteiger partial charge on any atom is -0.449 e. The largest absolute Gasteiger partial charge is 0.449 e. The summed E-state index contributed by atoms with van der Waals surface area (Å²) in [6.45, 7) is 4.09. The molecule has 1 atom stereocenters. The molecule has 0 aliphatic carbocycles. The summed E-state index contributed by atoms with van der Waals surface area (Å²) in [6, 6.07) is 9.38. The van der Waals surface area contributed by atoms with Gasteiger partial charge in [-0.25, -0.2) is 13.2 Å². The molecule has 33 heavy (non-hydrogen) atoms. The molecule has 1 unspecified atom stereocenters. The number of aromatic nitrogens is 2. The number of benzene rings is 1. The van der Waals surface area contributed by atoms with Crippen molar-refractivity contribution in [1.29, 1.82) is 0 Å². The summed E-state index contributed by atoms with van der Waals surface area (Å²) in [5.41, 5.74) is 0.0864. The van der Waals surface area contributed by atoms with Crippen LogP contribution in [0, 0.1) is 0 Å². The van der Waals surface area contributed by atoms with Crippen LogP contribution in [-0.4, -0.2) is 65.9 Å². The van der Waals surface area contributed by atoms with Crippen molar-refractivity contribution in [3.05, 3.63) is 53.2 Å². The van der Waals surface area contributed by atoms with Gasteiger partial charge in [-0.05, 0) is 36.6 Å². The van der Waals surface area contributed by atoms with Gasteiger partial charge in [0.1, 0.15) is 0 Å². The Hall–Kier alpha value is -3.09. The monoisotopic (exact) mass is 490 g/mol. The van der Waals surface area contributed by atoms with E-state index in [0.29, 0.717) is 19.0 Å². The number of carbonyl (C=O) groups excluding carboxylic acids is 2. The lowest BCUT2D eigenvalue weighted by Crippen LogP contribution is -2.49. The van der Waals surface area contributed by atoms with E-state index in [9.17, 15) is 18.0 Å². The van der Waals surface area contributed by atoms with Crippen molar-refractivity contribution in [2.45, 2.75) is 24.8 Å². The zero-order valence-electron chi connectivity index (χ0n) is 18.0. The standard InChI is InChI=1S/C21H22N4O6S2/c1-14(19-22-23-20(31-19)18-7-4-12-32-18)30-21(27)16-5-3-6-17(13-16)33(28,29)25-10-8-24(9-11-25)15(2)26/h3-7,12-14H,8-11H2,1-2H3. The fourth-order valence-corrected chi connectivity index (χ4v) is 5.47. The maximum absolute atomic E-state index is 13.0. The van der Waals surface area contributed by atoms with Crippen LogP contribution in [0.3, 0.4) is 0 Å². The topological polar surface area (TPSA) is 123 Å². The van der Waals surface area contributed by atoms with Gasteiger partial charge in [0.2, 0.25) is 15.9 Å². The molecule has 1 fully saturated rings. The lowest BCUT2D eigenvalue weighted by atomic mass is 10.2. The van der Waals surface area contributed by atoms with Crippen LogP contribution in [0.15, 0.2) is 51.1 Å². The second-order valence-corrected chi connectivity index (χ2v) is 10.3. The number of piperazine rings is 1. The number of esters is 1. The summed E-state index contributed by atoms with van der Waals surface area (Å²) < 4.78 is 38.4. The van der Waals surface area contributed by atoms with E-state index >= 15 is 0 Å². The molecule has 1 aliphatic rings. The lowest BCUT2D eigenvalue weighted by Gasteiger charge is -2.33. The normalized spacial score (nSPS) is 15.9. The zero-order valence-corrected chi connectivity index (χ0v) is 19.6. The van der Waals surface area contributed by atoms with Gasteiger partial charge >= 0.3 is 5.97 Å². The highest BCUT2D eigenvalue weighted by atomic mass is 32.2. The summed E-state index contributed by atoms with van der Waals surface area (Å²) in [7, 11) is -3.82. The molecule has 3 aromatic rings. The molecule has 0 radical (unpaired) electrons. The van der Waals surface area contributed by atoms with Gasteiger partial charge in [0.25, 0.3) is 11.8 Å². The van der Waals surface area contributed by atoms with Crippen molar-refractivity contribution >= 4 is 33.2 Å². The van der Waals surface area contributed by atoms with Gasteiger partial charge in [-0.15, -0.1) is 21.5 Å². The molecular weight excluding hydrogens is 468 g/mol. The number of ether oxygens (including phenoxy) is 1. The Bertz CT molecular complexity index is 1250. The maximum atomic E-state index is 13.0. The first kappa shape index (κ1) is 23.1. The molecule has 1 amide bonds. The first-order valence-corrected chi connectivity index (χ1v) is 12.5. The van der Waals surface area contributed by atoms with Crippen molar-refractivity contribution in [1.82, 2.24) is 19.4 Å². The van der Waals surface area contributed by atoms with Gasteiger partial charge in [0, 0.05) is 33.1 Å². The quantitative estimate of drug-likeness (QED) is 0.483. The van der Waals surface area contributed by atoms with E-state index in [1.54, 1.807) is 11.8 Å². The molecule has 0 spiro atoms. The average Bonchev–Trinajstić information content (AvgIpc) is 3.51. The highest BCUT2D eigenvalue weighted by Gasteiger charge is 2.30. The summed E-state index contributed by atoms with van der Waals surface area (Å²) in [5.74, 6) is -0.328. The third kappa shape index (κ3) is 4.97. The molecular formula is C21H22N4O6S2.